The van der Waals surface area contributed by atoms with E-state index < -0.39 is 0 Å². The summed E-state index contributed by atoms with van der Waals surface area (Å²) in [7, 11) is 1.70. The highest BCUT2D eigenvalue weighted by atomic mass is 32.1. The summed E-state index contributed by atoms with van der Waals surface area (Å²) in [4.78, 5) is 4.43. The Morgan fingerprint density at radius 3 is 2.77 bits per heavy atom. The van der Waals surface area contributed by atoms with Gasteiger partial charge in [-0.25, -0.2) is 4.98 Å². The normalized spacial score (nSPS) is 12.0. The van der Waals surface area contributed by atoms with Crippen LogP contribution in [0.3, 0.4) is 0 Å². The maximum atomic E-state index is 5.91. The minimum Gasteiger partial charge on any atom is -0.384 e. The van der Waals surface area contributed by atoms with Gasteiger partial charge in [0, 0.05) is 18.9 Å². The van der Waals surface area contributed by atoms with E-state index in [1.165, 1.54) is 0 Å². The molecule has 0 amide bonds. The van der Waals surface area contributed by atoms with Crippen molar-refractivity contribution in [1.82, 2.24) is 4.98 Å². The first kappa shape index (κ1) is 10.6. The fourth-order valence-electron chi connectivity index (χ4n) is 0.911. The molecular formula is C9H16N2OS. The highest BCUT2D eigenvalue weighted by Crippen LogP contribution is 2.19. The van der Waals surface area contributed by atoms with Crippen LogP contribution in [0.25, 0.3) is 0 Å². The zero-order chi connectivity index (χ0) is 9.90. The van der Waals surface area contributed by atoms with Crippen LogP contribution >= 0.6 is 11.3 Å². The van der Waals surface area contributed by atoms with E-state index in [1.807, 2.05) is 19.2 Å². The van der Waals surface area contributed by atoms with Gasteiger partial charge in [0.25, 0.3) is 0 Å². The van der Waals surface area contributed by atoms with Gasteiger partial charge < -0.3 is 10.5 Å². The van der Waals surface area contributed by atoms with Crippen molar-refractivity contribution in [3.05, 3.63) is 16.1 Å². The van der Waals surface area contributed by atoms with Crippen molar-refractivity contribution in [1.29, 1.82) is 0 Å². The topological polar surface area (TPSA) is 48.1 Å². The van der Waals surface area contributed by atoms with Crippen LogP contribution in [0, 0.1) is 0 Å². The standard InChI is InChI=1S/C9H16N2OS/c1-9(2,10)7-6-13-8(11-7)4-5-12-3/h6H,4-5,10H2,1-3H3. The third kappa shape index (κ3) is 3.06. The molecule has 1 heterocycles. The molecule has 2 N–H and O–H groups in total. The van der Waals surface area contributed by atoms with Gasteiger partial charge in [-0.1, -0.05) is 0 Å². The number of hydrogen-bond acceptors (Lipinski definition) is 4. The molecule has 0 saturated carbocycles. The Hall–Kier alpha value is -0.450. The molecule has 0 atom stereocenters. The van der Waals surface area contributed by atoms with Crippen LogP contribution in [0.5, 0.6) is 0 Å². The summed E-state index contributed by atoms with van der Waals surface area (Å²) in [5, 5.41) is 3.11. The van der Waals surface area contributed by atoms with Crippen LogP contribution in [0.15, 0.2) is 5.38 Å². The average Bonchev–Trinajstić information content (AvgIpc) is 2.47. The lowest BCUT2D eigenvalue weighted by Crippen LogP contribution is -2.29. The van der Waals surface area contributed by atoms with Gasteiger partial charge in [0.1, 0.15) is 0 Å². The van der Waals surface area contributed by atoms with Gasteiger partial charge in [0.15, 0.2) is 0 Å². The van der Waals surface area contributed by atoms with Crippen molar-refractivity contribution < 1.29 is 4.74 Å². The molecule has 0 fully saturated rings. The number of hydrogen-bond donors (Lipinski definition) is 1. The molecule has 13 heavy (non-hydrogen) atoms. The van der Waals surface area contributed by atoms with Gasteiger partial charge in [-0.3, -0.25) is 0 Å². The number of nitrogens with two attached hydrogens (primary N) is 1. The van der Waals surface area contributed by atoms with E-state index in [2.05, 4.69) is 4.98 Å². The Kier molecular flexibility index (Phi) is 3.41. The van der Waals surface area contributed by atoms with Gasteiger partial charge >= 0.3 is 0 Å². The Balaban J connectivity index is 2.64. The molecule has 3 nitrogen and oxygen atoms in total. The zero-order valence-electron chi connectivity index (χ0n) is 8.33. The summed E-state index contributed by atoms with van der Waals surface area (Å²) in [6.07, 6.45) is 0.872. The number of ether oxygens (including phenoxy) is 1. The number of thiazole rings is 1. The third-order valence-electron chi connectivity index (χ3n) is 1.73. The molecule has 74 valence electrons. The molecule has 1 rings (SSSR count). The van der Waals surface area contributed by atoms with E-state index in [0.717, 1.165) is 23.7 Å². The SMILES string of the molecule is COCCc1nc(C(C)(C)N)cs1. The number of rotatable bonds is 4. The minimum atomic E-state index is -0.332. The number of aromatic nitrogens is 1. The lowest BCUT2D eigenvalue weighted by Gasteiger charge is -2.14. The maximum Gasteiger partial charge on any atom is 0.0952 e. The molecule has 1 aromatic heterocycles. The molecule has 0 radical (unpaired) electrons. The number of methoxy groups -OCH3 is 1. The quantitative estimate of drug-likeness (QED) is 0.801. The molecule has 0 aliphatic carbocycles. The first-order valence-corrected chi connectivity index (χ1v) is 5.14. The predicted molar refractivity (Wildman–Crippen MR) is 54.9 cm³/mol. The Morgan fingerprint density at radius 2 is 2.31 bits per heavy atom. The van der Waals surface area contributed by atoms with Crippen molar-refractivity contribution in [3.63, 3.8) is 0 Å². The summed E-state index contributed by atoms with van der Waals surface area (Å²) < 4.78 is 4.98. The monoisotopic (exact) mass is 200 g/mol. The molecule has 4 heteroatoms. The summed E-state index contributed by atoms with van der Waals surface area (Å²) in [6.45, 7) is 4.64. The van der Waals surface area contributed by atoms with Crippen molar-refractivity contribution in [2.75, 3.05) is 13.7 Å². The molecule has 1 aromatic rings. The van der Waals surface area contributed by atoms with Gasteiger partial charge in [-0.15, -0.1) is 11.3 Å². The van der Waals surface area contributed by atoms with Crippen molar-refractivity contribution in [2.24, 2.45) is 5.73 Å². The lowest BCUT2D eigenvalue weighted by atomic mass is 10.0. The second-order valence-corrected chi connectivity index (χ2v) is 4.53. The van der Waals surface area contributed by atoms with Gasteiger partial charge in [-0.05, 0) is 13.8 Å². The van der Waals surface area contributed by atoms with Gasteiger partial charge in [-0.2, -0.15) is 0 Å². The van der Waals surface area contributed by atoms with Gasteiger partial charge in [0.2, 0.25) is 0 Å². The van der Waals surface area contributed by atoms with Crippen LogP contribution in [-0.4, -0.2) is 18.7 Å². The molecular weight excluding hydrogens is 184 g/mol. The molecule has 0 spiro atoms. The second-order valence-electron chi connectivity index (χ2n) is 3.59. The molecule has 0 saturated heterocycles. The summed E-state index contributed by atoms with van der Waals surface area (Å²) in [5.41, 5.74) is 6.54. The summed E-state index contributed by atoms with van der Waals surface area (Å²) in [5.74, 6) is 0. The van der Waals surface area contributed by atoms with Crippen molar-refractivity contribution in [3.8, 4) is 0 Å². The first-order chi connectivity index (χ1) is 6.04. The highest BCUT2D eigenvalue weighted by Gasteiger charge is 2.17. The van der Waals surface area contributed by atoms with E-state index in [1.54, 1.807) is 18.4 Å². The molecule has 0 aromatic carbocycles. The Bertz CT molecular complexity index is 265. The fourth-order valence-corrected chi connectivity index (χ4v) is 1.87. The van der Waals surface area contributed by atoms with E-state index in [0.29, 0.717) is 0 Å². The van der Waals surface area contributed by atoms with Crippen LogP contribution in [0.4, 0.5) is 0 Å². The van der Waals surface area contributed by atoms with Crippen LogP contribution in [0.2, 0.25) is 0 Å². The van der Waals surface area contributed by atoms with E-state index >= 15 is 0 Å². The average molecular weight is 200 g/mol. The third-order valence-corrected chi connectivity index (χ3v) is 2.64. The maximum absolute atomic E-state index is 5.91. The summed E-state index contributed by atoms with van der Waals surface area (Å²) >= 11 is 1.65. The molecule has 0 aliphatic rings. The number of nitrogens with zero attached hydrogens (tertiary/aromatic N) is 1. The Labute approximate surface area is 82.9 Å². The predicted octanol–water partition coefficient (Wildman–Crippen LogP) is 1.53. The van der Waals surface area contributed by atoms with Crippen LogP contribution in [0.1, 0.15) is 24.5 Å². The Morgan fingerprint density at radius 1 is 1.62 bits per heavy atom. The van der Waals surface area contributed by atoms with Crippen molar-refractivity contribution in [2.45, 2.75) is 25.8 Å². The molecule has 0 bridgehead atoms. The highest BCUT2D eigenvalue weighted by molar-refractivity contribution is 7.09. The lowest BCUT2D eigenvalue weighted by molar-refractivity contribution is 0.202. The zero-order valence-corrected chi connectivity index (χ0v) is 9.15. The van der Waals surface area contributed by atoms with Crippen LogP contribution in [-0.2, 0) is 16.7 Å². The van der Waals surface area contributed by atoms with Crippen molar-refractivity contribution >= 4 is 11.3 Å². The van der Waals surface area contributed by atoms with E-state index in [-0.39, 0.29) is 5.54 Å². The van der Waals surface area contributed by atoms with Crippen LogP contribution < -0.4 is 5.73 Å². The summed E-state index contributed by atoms with van der Waals surface area (Å²) in [6, 6.07) is 0. The minimum absolute atomic E-state index is 0.332. The first-order valence-electron chi connectivity index (χ1n) is 4.26. The molecule has 0 aliphatic heterocycles. The smallest absolute Gasteiger partial charge is 0.0952 e. The second kappa shape index (κ2) is 4.17. The molecule has 0 unspecified atom stereocenters. The largest absolute Gasteiger partial charge is 0.384 e. The fraction of sp³-hybridized carbons (Fsp3) is 0.667. The van der Waals surface area contributed by atoms with Gasteiger partial charge in [0.05, 0.1) is 22.8 Å². The van der Waals surface area contributed by atoms with E-state index in [4.69, 9.17) is 10.5 Å². The van der Waals surface area contributed by atoms with E-state index in [9.17, 15) is 0 Å².